The number of nitrogens with zero attached hydrogens (tertiary/aromatic N) is 1. The van der Waals surface area contributed by atoms with Crippen molar-refractivity contribution >= 4 is 0 Å². The molecule has 1 saturated heterocycles. The quantitative estimate of drug-likeness (QED) is 0.632. The molecule has 0 aromatic heterocycles. The van der Waals surface area contributed by atoms with E-state index in [9.17, 15) is 5.11 Å². The Morgan fingerprint density at radius 2 is 2.42 bits per heavy atom. The molecule has 0 aliphatic carbocycles. The summed E-state index contributed by atoms with van der Waals surface area (Å²) < 4.78 is 0. The molecule has 1 aliphatic heterocycles. The van der Waals surface area contributed by atoms with Crippen LogP contribution in [0.15, 0.2) is 0 Å². The van der Waals surface area contributed by atoms with E-state index in [1.54, 1.807) is 0 Å². The van der Waals surface area contributed by atoms with Crippen LogP contribution in [0.25, 0.3) is 0 Å². The van der Waals surface area contributed by atoms with Gasteiger partial charge in [-0.2, -0.15) is 0 Å². The van der Waals surface area contributed by atoms with Crippen molar-refractivity contribution in [2.75, 3.05) is 26.2 Å². The van der Waals surface area contributed by atoms with Crippen LogP contribution in [0.3, 0.4) is 0 Å². The molecule has 1 aliphatic rings. The Hall–Kier alpha value is -0.120. The van der Waals surface area contributed by atoms with Crippen LogP contribution in [0.5, 0.6) is 0 Å². The normalized spacial score (nSPS) is 28.8. The summed E-state index contributed by atoms with van der Waals surface area (Å²) in [5, 5.41) is 9.41. The molecule has 12 heavy (non-hydrogen) atoms. The lowest BCUT2D eigenvalue weighted by Crippen LogP contribution is -2.41. The van der Waals surface area contributed by atoms with E-state index in [4.69, 9.17) is 5.73 Å². The number of nitrogens with two attached hydrogens (primary N) is 1. The zero-order valence-electron chi connectivity index (χ0n) is 7.87. The third-order valence-electron chi connectivity index (χ3n) is 2.67. The van der Waals surface area contributed by atoms with Gasteiger partial charge in [-0.1, -0.05) is 0 Å². The molecule has 3 N–H and O–H groups in total. The van der Waals surface area contributed by atoms with Crippen LogP contribution in [0.4, 0.5) is 0 Å². The third-order valence-corrected chi connectivity index (χ3v) is 2.67. The lowest BCUT2D eigenvalue weighted by molar-refractivity contribution is 0.0642. The predicted octanol–water partition coefficient (Wildman–Crippen LogP) is 0.0379. The van der Waals surface area contributed by atoms with Gasteiger partial charge in [0.15, 0.2) is 0 Å². The minimum absolute atomic E-state index is 0.162. The maximum Gasteiger partial charge on any atom is 0.0552 e. The lowest BCUT2D eigenvalue weighted by atomic mass is 9.93. The van der Waals surface area contributed by atoms with E-state index in [0.717, 1.165) is 26.2 Å². The number of piperidine rings is 1. The van der Waals surface area contributed by atoms with Crippen molar-refractivity contribution in [1.29, 1.82) is 0 Å². The van der Waals surface area contributed by atoms with E-state index >= 15 is 0 Å². The molecule has 0 unspecified atom stereocenters. The number of aliphatic hydroxyl groups is 1. The molecule has 72 valence electrons. The summed E-state index contributed by atoms with van der Waals surface area (Å²) >= 11 is 0. The summed E-state index contributed by atoms with van der Waals surface area (Å²) in [6.45, 7) is 5.77. The van der Waals surface area contributed by atoms with Crippen LogP contribution in [-0.4, -0.2) is 42.3 Å². The maximum atomic E-state index is 9.41. The van der Waals surface area contributed by atoms with Gasteiger partial charge >= 0.3 is 0 Å². The van der Waals surface area contributed by atoms with Gasteiger partial charge in [-0.15, -0.1) is 0 Å². The van der Waals surface area contributed by atoms with Crippen molar-refractivity contribution in [2.24, 2.45) is 11.7 Å². The number of hydrogen-bond donors (Lipinski definition) is 2. The fourth-order valence-corrected chi connectivity index (χ4v) is 1.87. The molecule has 2 atom stereocenters. The Kier molecular flexibility index (Phi) is 3.98. The Morgan fingerprint density at radius 1 is 1.67 bits per heavy atom. The monoisotopic (exact) mass is 172 g/mol. The third kappa shape index (κ3) is 2.73. The fourth-order valence-electron chi connectivity index (χ4n) is 1.87. The van der Waals surface area contributed by atoms with Gasteiger partial charge < -0.3 is 15.7 Å². The van der Waals surface area contributed by atoms with Crippen LogP contribution in [0.1, 0.15) is 19.8 Å². The summed E-state index contributed by atoms with van der Waals surface area (Å²) in [5.74, 6) is 0.463. The van der Waals surface area contributed by atoms with E-state index in [2.05, 4.69) is 4.90 Å². The maximum absolute atomic E-state index is 9.41. The van der Waals surface area contributed by atoms with E-state index in [-0.39, 0.29) is 6.10 Å². The van der Waals surface area contributed by atoms with E-state index in [1.165, 1.54) is 12.8 Å². The molecule has 0 saturated carbocycles. The smallest absolute Gasteiger partial charge is 0.0552 e. The first kappa shape index (κ1) is 9.96. The van der Waals surface area contributed by atoms with Crippen molar-refractivity contribution < 1.29 is 5.11 Å². The van der Waals surface area contributed by atoms with Crippen LogP contribution >= 0.6 is 0 Å². The van der Waals surface area contributed by atoms with Gasteiger partial charge in [0.25, 0.3) is 0 Å². The second-order valence-electron chi connectivity index (χ2n) is 3.73. The molecule has 0 radical (unpaired) electrons. The molecule has 0 aromatic rings. The van der Waals surface area contributed by atoms with Crippen molar-refractivity contribution in [2.45, 2.75) is 25.9 Å². The molecule has 0 bridgehead atoms. The van der Waals surface area contributed by atoms with Crippen LogP contribution in [0, 0.1) is 5.92 Å². The van der Waals surface area contributed by atoms with Crippen molar-refractivity contribution in [3.63, 3.8) is 0 Å². The molecule has 1 fully saturated rings. The zero-order chi connectivity index (χ0) is 8.97. The van der Waals surface area contributed by atoms with Gasteiger partial charge in [-0.3, -0.25) is 0 Å². The summed E-state index contributed by atoms with van der Waals surface area (Å²) in [7, 11) is 0. The Labute approximate surface area is 74.5 Å². The van der Waals surface area contributed by atoms with Crippen molar-refractivity contribution in [1.82, 2.24) is 4.90 Å². The largest absolute Gasteiger partial charge is 0.393 e. The summed E-state index contributed by atoms with van der Waals surface area (Å²) in [6, 6.07) is 0. The number of hydrogen-bond acceptors (Lipinski definition) is 3. The second-order valence-corrected chi connectivity index (χ2v) is 3.73. The molecule has 3 heteroatoms. The van der Waals surface area contributed by atoms with Crippen LogP contribution < -0.4 is 5.73 Å². The van der Waals surface area contributed by atoms with E-state index < -0.39 is 0 Å². The summed E-state index contributed by atoms with van der Waals surface area (Å²) in [6.07, 6.45) is 2.21. The topological polar surface area (TPSA) is 49.5 Å². The molecule has 0 amide bonds. The first-order valence-electron chi connectivity index (χ1n) is 4.84. The van der Waals surface area contributed by atoms with Gasteiger partial charge in [0.05, 0.1) is 6.10 Å². The molecule has 0 aromatic carbocycles. The minimum atomic E-state index is -0.162. The average Bonchev–Trinajstić information content (AvgIpc) is 2.05. The van der Waals surface area contributed by atoms with Crippen LogP contribution in [0.2, 0.25) is 0 Å². The molecule has 3 nitrogen and oxygen atoms in total. The highest BCUT2D eigenvalue weighted by atomic mass is 16.3. The van der Waals surface area contributed by atoms with E-state index in [1.807, 2.05) is 6.92 Å². The summed E-state index contributed by atoms with van der Waals surface area (Å²) in [5.41, 5.74) is 5.48. The van der Waals surface area contributed by atoms with Crippen LogP contribution in [-0.2, 0) is 0 Å². The van der Waals surface area contributed by atoms with Gasteiger partial charge in [0, 0.05) is 19.6 Å². The molecular weight excluding hydrogens is 152 g/mol. The van der Waals surface area contributed by atoms with Crippen molar-refractivity contribution in [3.05, 3.63) is 0 Å². The lowest BCUT2D eigenvalue weighted by Gasteiger charge is -2.33. The van der Waals surface area contributed by atoms with Gasteiger partial charge in [-0.25, -0.2) is 0 Å². The van der Waals surface area contributed by atoms with Gasteiger partial charge in [0.2, 0.25) is 0 Å². The number of aliphatic hydroxyl groups excluding tert-OH is 1. The number of rotatable bonds is 3. The minimum Gasteiger partial charge on any atom is -0.393 e. The van der Waals surface area contributed by atoms with E-state index in [0.29, 0.717) is 5.92 Å². The Bertz CT molecular complexity index is 126. The van der Waals surface area contributed by atoms with Gasteiger partial charge in [0.1, 0.15) is 0 Å². The first-order valence-corrected chi connectivity index (χ1v) is 4.84. The molecular formula is C9H20N2O. The molecule has 1 rings (SSSR count). The highest BCUT2D eigenvalue weighted by Crippen LogP contribution is 2.18. The Morgan fingerprint density at radius 3 is 3.00 bits per heavy atom. The summed E-state index contributed by atoms with van der Waals surface area (Å²) in [4.78, 5) is 2.35. The highest BCUT2D eigenvalue weighted by Gasteiger charge is 2.22. The fraction of sp³-hybridized carbons (Fsp3) is 1.00. The molecule has 1 heterocycles. The Balaban J connectivity index is 2.30. The van der Waals surface area contributed by atoms with Crippen molar-refractivity contribution in [3.8, 4) is 0 Å². The number of likely N-dealkylation sites (tertiary alicyclic amines) is 1. The first-order chi connectivity index (χ1) is 5.74. The zero-order valence-corrected chi connectivity index (χ0v) is 7.87. The average molecular weight is 172 g/mol. The second kappa shape index (κ2) is 4.80. The SMILES string of the molecule is C[C@H](O)[C@@H]1CCCN(CCN)C1. The highest BCUT2D eigenvalue weighted by molar-refractivity contribution is 4.76. The van der Waals surface area contributed by atoms with Gasteiger partial charge in [-0.05, 0) is 32.2 Å². The standard InChI is InChI=1S/C9H20N2O/c1-8(12)9-3-2-5-11(7-9)6-4-10/h8-9,12H,2-7,10H2,1H3/t8-,9+/m0/s1. The molecule has 0 spiro atoms. The predicted molar refractivity (Wildman–Crippen MR) is 49.9 cm³/mol.